The number of hydrogen-bond acceptors (Lipinski definition) is 4. The highest BCUT2D eigenvalue weighted by Crippen LogP contribution is 2.81. The van der Waals surface area contributed by atoms with Gasteiger partial charge in [0.15, 0.2) is 0 Å². The van der Waals surface area contributed by atoms with E-state index in [9.17, 15) is 4.79 Å². The maximum atomic E-state index is 15.9. The van der Waals surface area contributed by atoms with Gasteiger partial charge in [-0.25, -0.2) is 4.98 Å². The van der Waals surface area contributed by atoms with Gasteiger partial charge >= 0.3 is 5.97 Å². The van der Waals surface area contributed by atoms with E-state index in [1.54, 1.807) is 6.92 Å². The first-order chi connectivity index (χ1) is 24.7. The number of carbonyl (C=O) groups excluding carboxylic acids is 2. The van der Waals surface area contributed by atoms with E-state index in [-0.39, 0.29) is 34.2 Å². The Balaban J connectivity index is 1.16. The van der Waals surface area contributed by atoms with Crippen LogP contribution in [0.3, 0.4) is 0 Å². The molecule has 1 aromatic carbocycles. The molecular formula is C46H65N3O3. The number of hydrogen-bond donors (Lipinski definition) is 2. The molecule has 6 heteroatoms. The summed E-state index contributed by atoms with van der Waals surface area (Å²) < 4.78 is 5.76. The number of aromatic amines is 1. The van der Waals surface area contributed by atoms with Crippen LogP contribution in [0.15, 0.2) is 48.7 Å². The van der Waals surface area contributed by atoms with Crippen molar-refractivity contribution in [2.75, 3.05) is 0 Å². The highest BCUT2D eigenvalue weighted by atomic mass is 16.5. The van der Waals surface area contributed by atoms with Crippen LogP contribution in [0, 0.1) is 63.1 Å². The zero-order valence-corrected chi connectivity index (χ0v) is 33.2. The molecule has 2 aromatic rings. The Morgan fingerprint density at radius 1 is 0.865 bits per heavy atom. The molecule has 10 atom stereocenters. The van der Waals surface area contributed by atoms with Crippen LogP contribution in [0.5, 0.6) is 0 Å². The van der Waals surface area contributed by atoms with Crippen molar-refractivity contribution < 1.29 is 14.3 Å². The predicted octanol–water partition coefficient (Wildman–Crippen LogP) is 10.4. The predicted molar refractivity (Wildman–Crippen MR) is 207 cm³/mol. The molecule has 6 aliphatic rings. The number of nitrogens with one attached hydrogen (secondary N) is 2. The van der Waals surface area contributed by atoms with Gasteiger partial charge in [0.1, 0.15) is 11.9 Å². The first-order valence-electron chi connectivity index (χ1n) is 20.9. The molecule has 6 saturated carbocycles. The number of esters is 1. The van der Waals surface area contributed by atoms with Crippen LogP contribution in [0.4, 0.5) is 0 Å². The number of nitrogens with zero attached hydrogens (tertiary/aromatic N) is 1. The number of allylic oxidation sites excluding steroid dienone is 1. The SMILES string of the molecule is C=C(C)C1CCC2(C(=O)NC3(c4ncc(-c5ccccc5)[nH]4)CCCC3)C1(C)C1CCC3C4CCC(OC(C)=O)CC4CCC3C1C(C)(C)C2(C)C. The summed E-state index contributed by atoms with van der Waals surface area (Å²) >= 11 is 0. The van der Waals surface area contributed by atoms with Crippen LogP contribution in [0.25, 0.3) is 11.3 Å². The number of benzene rings is 1. The van der Waals surface area contributed by atoms with Crippen LogP contribution in [0.2, 0.25) is 0 Å². The Hall–Kier alpha value is -2.89. The fourth-order valence-corrected chi connectivity index (χ4v) is 15.1. The standard InChI is InChI=1S/C46H65N3O3/c1-28(2)36-22-25-46(41(51)49-45(23-12-13-24-45)40-47-27-38(48-40)30-14-10-9-11-15-30)43(6,7)42(4,5)39-35-18-16-31-26-32(52-29(3)50)17-19-33(31)34(35)20-21-37(39)44(36,46)8/h9-11,14-15,27,31-37,39H,1,12-13,16-26H2,2-8H3,(H,47,48)(H,49,51). The zero-order chi connectivity index (χ0) is 36.8. The first kappa shape index (κ1) is 36.1. The minimum absolute atomic E-state index is 0.0440. The number of carbonyl (C=O) groups is 2. The molecule has 6 fully saturated rings. The smallest absolute Gasteiger partial charge is 0.302 e. The van der Waals surface area contributed by atoms with Gasteiger partial charge in [-0.05, 0) is 141 Å². The van der Waals surface area contributed by atoms with E-state index in [0.717, 1.165) is 80.3 Å². The number of rotatable bonds is 6. The highest BCUT2D eigenvalue weighted by Gasteiger charge is 2.79. The van der Waals surface area contributed by atoms with Crippen LogP contribution in [-0.2, 0) is 19.9 Å². The Labute approximate surface area is 313 Å². The highest BCUT2D eigenvalue weighted by molar-refractivity contribution is 5.86. The summed E-state index contributed by atoms with van der Waals surface area (Å²) in [5.74, 6) is 5.18. The van der Waals surface area contributed by atoms with Crippen molar-refractivity contribution in [3.05, 3.63) is 54.5 Å². The van der Waals surface area contributed by atoms with Crippen molar-refractivity contribution in [2.45, 2.75) is 144 Å². The van der Waals surface area contributed by atoms with E-state index < -0.39 is 11.0 Å². The van der Waals surface area contributed by atoms with Crippen molar-refractivity contribution in [2.24, 2.45) is 63.1 Å². The third kappa shape index (κ3) is 4.96. The molecule has 0 bridgehead atoms. The largest absolute Gasteiger partial charge is 0.463 e. The summed E-state index contributed by atoms with van der Waals surface area (Å²) in [5.41, 5.74) is 1.87. The van der Waals surface area contributed by atoms with E-state index >= 15 is 4.79 Å². The minimum atomic E-state index is -0.537. The third-order valence-electron chi connectivity index (χ3n) is 17.6. The lowest BCUT2D eigenvalue weighted by atomic mass is 9.30. The van der Waals surface area contributed by atoms with Crippen molar-refractivity contribution in [1.29, 1.82) is 0 Å². The van der Waals surface area contributed by atoms with Crippen LogP contribution in [0.1, 0.15) is 138 Å². The maximum absolute atomic E-state index is 15.9. The minimum Gasteiger partial charge on any atom is -0.463 e. The second-order valence-electron chi connectivity index (χ2n) is 19.8. The molecule has 1 amide bonds. The second kappa shape index (κ2) is 12.6. The Kier molecular flexibility index (Phi) is 8.74. The lowest BCUT2D eigenvalue weighted by Gasteiger charge is -2.74. The molecule has 10 unspecified atom stereocenters. The van der Waals surface area contributed by atoms with Gasteiger partial charge in [0.05, 0.1) is 22.8 Å². The fraction of sp³-hybridized carbons (Fsp3) is 0.717. The molecule has 0 aliphatic heterocycles. The van der Waals surface area contributed by atoms with Gasteiger partial charge in [0.2, 0.25) is 5.91 Å². The van der Waals surface area contributed by atoms with E-state index in [0.29, 0.717) is 29.6 Å². The summed E-state index contributed by atoms with van der Waals surface area (Å²) in [5, 5.41) is 3.89. The molecule has 0 radical (unpaired) electrons. The number of aromatic nitrogens is 2. The lowest BCUT2D eigenvalue weighted by Crippen LogP contribution is -2.73. The van der Waals surface area contributed by atoms with Gasteiger partial charge in [-0.3, -0.25) is 9.59 Å². The van der Waals surface area contributed by atoms with Crippen LogP contribution < -0.4 is 5.32 Å². The van der Waals surface area contributed by atoms with Gasteiger partial charge in [0.25, 0.3) is 0 Å². The average molecular weight is 708 g/mol. The van der Waals surface area contributed by atoms with Gasteiger partial charge in [-0.15, -0.1) is 0 Å². The zero-order valence-electron chi connectivity index (χ0n) is 33.2. The number of fused-ring (bicyclic) bond motifs is 7. The van der Waals surface area contributed by atoms with Gasteiger partial charge < -0.3 is 15.0 Å². The Bertz CT molecular complexity index is 1700. The number of amides is 1. The molecule has 52 heavy (non-hydrogen) atoms. The third-order valence-corrected chi connectivity index (χ3v) is 17.6. The summed E-state index contributed by atoms with van der Waals surface area (Å²) in [4.78, 5) is 36.5. The average Bonchev–Trinajstić information content (AvgIpc) is 3.86. The van der Waals surface area contributed by atoms with Crippen LogP contribution >= 0.6 is 0 Å². The molecule has 6 aliphatic carbocycles. The molecule has 1 heterocycles. The van der Waals surface area contributed by atoms with Crippen molar-refractivity contribution in [3.8, 4) is 11.3 Å². The summed E-state index contributed by atoms with van der Waals surface area (Å²) in [7, 11) is 0. The summed E-state index contributed by atoms with van der Waals surface area (Å²) in [6.07, 6.45) is 16.2. The summed E-state index contributed by atoms with van der Waals surface area (Å²) in [6.45, 7) is 21.1. The summed E-state index contributed by atoms with van der Waals surface area (Å²) in [6, 6.07) is 10.4. The molecule has 0 spiro atoms. The van der Waals surface area contributed by atoms with E-state index in [4.69, 9.17) is 9.72 Å². The normalized spacial score (nSPS) is 39.7. The monoisotopic (exact) mass is 708 g/mol. The number of H-pyrrole nitrogens is 1. The van der Waals surface area contributed by atoms with E-state index in [1.165, 1.54) is 37.7 Å². The molecule has 282 valence electrons. The topological polar surface area (TPSA) is 84.1 Å². The van der Waals surface area contributed by atoms with Crippen molar-refractivity contribution in [3.63, 3.8) is 0 Å². The van der Waals surface area contributed by atoms with Gasteiger partial charge in [-0.1, -0.05) is 89.9 Å². The van der Waals surface area contributed by atoms with Crippen molar-refractivity contribution >= 4 is 11.9 Å². The molecule has 2 N–H and O–H groups in total. The van der Waals surface area contributed by atoms with Gasteiger partial charge in [0, 0.05) is 6.92 Å². The molecule has 6 nitrogen and oxygen atoms in total. The van der Waals surface area contributed by atoms with Crippen LogP contribution in [-0.4, -0.2) is 27.9 Å². The Morgan fingerprint density at radius 2 is 1.56 bits per heavy atom. The quantitative estimate of drug-likeness (QED) is 0.231. The Morgan fingerprint density at radius 3 is 2.25 bits per heavy atom. The van der Waals surface area contributed by atoms with E-state index in [2.05, 4.69) is 82.7 Å². The molecular weight excluding hydrogens is 643 g/mol. The van der Waals surface area contributed by atoms with E-state index in [1.807, 2.05) is 12.3 Å². The molecule has 0 saturated heterocycles. The first-order valence-corrected chi connectivity index (χ1v) is 20.9. The fourth-order valence-electron chi connectivity index (χ4n) is 15.1. The second-order valence-corrected chi connectivity index (χ2v) is 19.8. The maximum Gasteiger partial charge on any atom is 0.302 e. The lowest BCUT2D eigenvalue weighted by molar-refractivity contribution is -0.258. The van der Waals surface area contributed by atoms with Gasteiger partial charge in [-0.2, -0.15) is 0 Å². The molecule has 1 aromatic heterocycles. The number of imidazole rings is 1. The molecule has 8 rings (SSSR count). The number of ether oxygens (including phenoxy) is 1. The van der Waals surface area contributed by atoms with Crippen molar-refractivity contribution in [1.82, 2.24) is 15.3 Å².